The summed E-state index contributed by atoms with van der Waals surface area (Å²) in [4.78, 5) is 29.3. The topological polar surface area (TPSA) is 113 Å². The van der Waals surface area contributed by atoms with Gasteiger partial charge < -0.3 is 18.9 Å². The molecule has 0 radical (unpaired) electrons. The second-order valence-corrected chi connectivity index (χ2v) is 11.2. The molecule has 41 heavy (non-hydrogen) atoms. The average molecular weight is 598 g/mol. The average Bonchev–Trinajstić information content (AvgIpc) is 3.45. The molecule has 2 aliphatic heterocycles. The summed E-state index contributed by atoms with van der Waals surface area (Å²) in [6.07, 6.45) is 18.4. The van der Waals surface area contributed by atoms with E-state index in [-0.39, 0.29) is 42.5 Å². The van der Waals surface area contributed by atoms with Gasteiger partial charge in [0.1, 0.15) is 12.7 Å². The summed E-state index contributed by atoms with van der Waals surface area (Å²) in [5.41, 5.74) is 0.0842. The Kier molecular flexibility index (Phi) is 17.0. The maximum absolute atomic E-state index is 12.8. The van der Waals surface area contributed by atoms with Gasteiger partial charge in [-0.3, -0.25) is 19.6 Å². The lowest BCUT2D eigenvalue weighted by Gasteiger charge is -2.22. The molecule has 234 valence electrons. The molecule has 10 heteroatoms. The fraction of sp³-hybridized carbons (Fsp3) is 0.806. The number of nitrogens with one attached hydrogen (secondary N) is 1. The third-order valence-corrected chi connectivity index (χ3v) is 7.78. The first-order valence-corrected chi connectivity index (χ1v) is 15.8. The molecular weight excluding hydrogens is 546 g/mol. The van der Waals surface area contributed by atoms with Gasteiger partial charge in [-0.05, 0) is 18.9 Å². The third kappa shape index (κ3) is 11.9. The molecule has 0 saturated carbocycles. The van der Waals surface area contributed by atoms with Gasteiger partial charge in [-0.25, -0.2) is 0 Å². The van der Waals surface area contributed by atoms with Crippen LogP contribution < -0.4 is 10.2 Å². The smallest absolute Gasteiger partial charge is 0.306 e. The van der Waals surface area contributed by atoms with E-state index in [9.17, 15) is 9.59 Å². The minimum atomic E-state index is -0.724. The van der Waals surface area contributed by atoms with Gasteiger partial charge in [0.25, 0.3) is 0 Å². The standard InChI is InChI=1S/C31H51N3O6.ClH/c1-3-5-7-9-11-13-15-17-19-26(35)37-23-24-28(39-27(36)20-18-16-14-12-10-8-6-4-2)29-30(38-24)34-22-21-25(32)33-31(34)40-29;/h21-22,24,28-30,32H,3-20,23H2,1-2H3;1H. The number of halogens is 1. The Labute approximate surface area is 252 Å². The van der Waals surface area contributed by atoms with E-state index in [4.69, 9.17) is 24.4 Å². The van der Waals surface area contributed by atoms with Crippen molar-refractivity contribution in [2.45, 2.75) is 154 Å². The predicted octanol–water partition coefficient (Wildman–Crippen LogP) is 6.96. The highest BCUT2D eigenvalue weighted by molar-refractivity contribution is 5.85. The molecule has 0 aromatic carbocycles. The zero-order valence-corrected chi connectivity index (χ0v) is 26.0. The number of carbonyl (C=O) groups is 2. The SMILES string of the molecule is CCCCCCCCCCC(=O)OCC1OC2C(Oc3nc(=N)ccn32)C1OC(=O)CCCCCCCCCC.Cl. The van der Waals surface area contributed by atoms with Gasteiger partial charge in [-0.2, -0.15) is 4.98 Å². The van der Waals surface area contributed by atoms with E-state index in [2.05, 4.69) is 18.8 Å². The van der Waals surface area contributed by atoms with Gasteiger partial charge in [0, 0.05) is 19.0 Å². The molecule has 3 rings (SSSR count). The monoisotopic (exact) mass is 597 g/mol. The summed E-state index contributed by atoms with van der Waals surface area (Å²) in [5.74, 6) is -0.556. The number of unbranched alkanes of at least 4 members (excludes halogenated alkanes) is 14. The Hall–Kier alpha value is -2.13. The van der Waals surface area contributed by atoms with Crippen LogP contribution in [0.4, 0.5) is 0 Å². The molecule has 2 aliphatic rings. The van der Waals surface area contributed by atoms with Crippen LogP contribution in [0.3, 0.4) is 0 Å². The summed E-state index contributed by atoms with van der Waals surface area (Å²) < 4.78 is 25.3. The number of ether oxygens (including phenoxy) is 4. The van der Waals surface area contributed by atoms with Crippen LogP contribution in [0.1, 0.15) is 136 Å². The van der Waals surface area contributed by atoms with E-state index in [1.54, 1.807) is 16.8 Å². The summed E-state index contributed by atoms with van der Waals surface area (Å²) >= 11 is 0. The maximum atomic E-state index is 12.8. The van der Waals surface area contributed by atoms with E-state index in [0.29, 0.717) is 12.8 Å². The molecule has 0 aliphatic carbocycles. The van der Waals surface area contributed by atoms with Crippen molar-refractivity contribution < 1.29 is 28.5 Å². The Balaban J connectivity index is 0.00000588. The molecule has 0 bridgehead atoms. The second-order valence-electron chi connectivity index (χ2n) is 11.2. The zero-order valence-electron chi connectivity index (χ0n) is 25.2. The van der Waals surface area contributed by atoms with Crippen LogP contribution in [-0.2, 0) is 23.8 Å². The Morgan fingerprint density at radius 2 is 1.39 bits per heavy atom. The molecule has 1 fully saturated rings. The number of nitrogens with zero attached hydrogens (tertiary/aromatic N) is 2. The van der Waals surface area contributed by atoms with Gasteiger partial charge in [0.15, 0.2) is 23.9 Å². The lowest BCUT2D eigenvalue weighted by molar-refractivity contribution is -0.160. The largest absolute Gasteiger partial charge is 0.463 e. The van der Waals surface area contributed by atoms with Crippen LogP contribution in [0.15, 0.2) is 12.3 Å². The van der Waals surface area contributed by atoms with Crippen LogP contribution in [0.25, 0.3) is 0 Å². The van der Waals surface area contributed by atoms with E-state index >= 15 is 0 Å². The maximum Gasteiger partial charge on any atom is 0.306 e. The first-order valence-electron chi connectivity index (χ1n) is 15.8. The lowest BCUT2D eigenvalue weighted by atomic mass is 10.1. The summed E-state index contributed by atoms with van der Waals surface area (Å²) in [7, 11) is 0. The third-order valence-electron chi connectivity index (χ3n) is 7.78. The van der Waals surface area contributed by atoms with Crippen molar-refractivity contribution in [2.75, 3.05) is 6.61 Å². The molecule has 1 aromatic heterocycles. The molecule has 4 atom stereocenters. The zero-order chi connectivity index (χ0) is 28.6. The lowest BCUT2D eigenvalue weighted by Crippen LogP contribution is -2.40. The van der Waals surface area contributed by atoms with E-state index in [1.165, 1.54) is 64.2 Å². The highest BCUT2D eigenvalue weighted by atomic mass is 35.5. The molecule has 0 spiro atoms. The number of aromatic nitrogens is 2. The van der Waals surface area contributed by atoms with Crippen molar-refractivity contribution in [1.82, 2.24) is 9.55 Å². The number of rotatable bonds is 21. The fourth-order valence-corrected chi connectivity index (χ4v) is 5.41. The Morgan fingerprint density at radius 3 is 1.98 bits per heavy atom. The van der Waals surface area contributed by atoms with Gasteiger partial charge >= 0.3 is 17.9 Å². The minimum absolute atomic E-state index is 0. The first kappa shape index (κ1) is 35.1. The molecule has 3 heterocycles. The summed E-state index contributed by atoms with van der Waals surface area (Å²) in [5, 5.41) is 7.78. The normalized spacial score (nSPS) is 20.5. The Bertz CT molecular complexity index is 958. The Morgan fingerprint density at radius 1 is 0.854 bits per heavy atom. The van der Waals surface area contributed by atoms with Crippen LogP contribution >= 0.6 is 12.4 Å². The second kappa shape index (κ2) is 19.9. The summed E-state index contributed by atoms with van der Waals surface area (Å²) in [6, 6.07) is 1.82. The van der Waals surface area contributed by atoms with Crippen LogP contribution in [-0.4, -0.2) is 46.4 Å². The molecule has 1 aromatic rings. The highest BCUT2D eigenvalue weighted by Crippen LogP contribution is 2.40. The number of carbonyl (C=O) groups excluding carboxylic acids is 2. The van der Waals surface area contributed by atoms with Crippen molar-refractivity contribution in [3.05, 3.63) is 17.8 Å². The van der Waals surface area contributed by atoms with Crippen molar-refractivity contribution in [2.24, 2.45) is 0 Å². The number of hydrogen-bond donors (Lipinski definition) is 1. The van der Waals surface area contributed by atoms with Gasteiger partial charge in [-0.15, -0.1) is 12.4 Å². The number of esters is 2. The quantitative estimate of drug-likeness (QED) is 0.120. The molecule has 4 unspecified atom stereocenters. The van der Waals surface area contributed by atoms with Crippen molar-refractivity contribution in [3.8, 4) is 6.01 Å². The summed E-state index contributed by atoms with van der Waals surface area (Å²) in [6.45, 7) is 4.43. The first-order chi connectivity index (χ1) is 19.5. The van der Waals surface area contributed by atoms with Crippen molar-refractivity contribution in [1.29, 1.82) is 5.41 Å². The van der Waals surface area contributed by atoms with E-state index < -0.39 is 24.5 Å². The molecule has 9 nitrogen and oxygen atoms in total. The highest BCUT2D eigenvalue weighted by Gasteiger charge is 2.54. The van der Waals surface area contributed by atoms with Crippen LogP contribution in [0.5, 0.6) is 6.01 Å². The van der Waals surface area contributed by atoms with Crippen molar-refractivity contribution >= 4 is 24.3 Å². The number of fused-ring (bicyclic) bond motifs is 3. The predicted molar refractivity (Wildman–Crippen MR) is 159 cm³/mol. The fourth-order valence-electron chi connectivity index (χ4n) is 5.41. The van der Waals surface area contributed by atoms with Gasteiger partial charge in [0.2, 0.25) is 0 Å². The van der Waals surface area contributed by atoms with Crippen LogP contribution in [0, 0.1) is 5.41 Å². The van der Waals surface area contributed by atoms with Gasteiger partial charge in [-0.1, -0.05) is 104 Å². The molecule has 1 saturated heterocycles. The van der Waals surface area contributed by atoms with Crippen LogP contribution in [0.2, 0.25) is 0 Å². The molecular formula is C31H52ClN3O6. The molecule has 0 amide bonds. The molecule has 1 N–H and O–H groups in total. The van der Waals surface area contributed by atoms with E-state index in [0.717, 1.165) is 38.5 Å². The van der Waals surface area contributed by atoms with Gasteiger partial charge in [0.05, 0.1) is 0 Å². The van der Waals surface area contributed by atoms with E-state index in [1.807, 2.05) is 0 Å². The number of hydrogen-bond acceptors (Lipinski definition) is 8. The minimum Gasteiger partial charge on any atom is -0.463 e. The van der Waals surface area contributed by atoms with Crippen molar-refractivity contribution in [3.63, 3.8) is 0 Å².